The van der Waals surface area contributed by atoms with Gasteiger partial charge in [-0.3, -0.25) is 4.79 Å². The van der Waals surface area contributed by atoms with E-state index in [0.29, 0.717) is 12.0 Å². The number of thiophene rings is 1. The van der Waals surface area contributed by atoms with E-state index in [-0.39, 0.29) is 11.9 Å². The number of nitrogens with zero attached hydrogens (tertiary/aromatic N) is 1. The summed E-state index contributed by atoms with van der Waals surface area (Å²) in [5.41, 5.74) is 0.640. The molecule has 0 fully saturated rings. The number of hydrogen-bond donors (Lipinski definition) is 1. The van der Waals surface area contributed by atoms with Crippen LogP contribution in [0.15, 0.2) is 11.4 Å². The Kier molecular flexibility index (Phi) is 3.66. The molecular formula is C10H12N2OS. The van der Waals surface area contributed by atoms with Gasteiger partial charge in [0.25, 0.3) is 5.91 Å². The zero-order chi connectivity index (χ0) is 10.6. The monoisotopic (exact) mass is 208 g/mol. The third-order valence-corrected chi connectivity index (χ3v) is 2.72. The average Bonchev–Trinajstić information content (AvgIpc) is 2.61. The van der Waals surface area contributed by atoms with E-state index in [0.717, 1.165) is 4.88 Å². The number of carbonyl (C=O) groups is 1. The molecule has 1 aromatic rings. The number of nitrogens with one attached hydrogen (secondary N) is 1. The van der Waals surface area contributed by atoms with Gasteiger partial charge in [-0.15, -0.1) is 11.3 Å². The SMILES string of the molecule is CCC(C#N)NC(=O)c1csc(C)c1. The molecule has 0 radical (unpaired) electrons. The fourth-order valence-corrected chi connectivity index (χ4v) is 1.71. The van der Waals surface area contributed by atoms with Gasteiger partial charge >= 0.3 is 0 Å². The van der Waals surface area contributed by atoms with E-state index in [2.05, 4.69) is 5.32 Å². The number of hydrogen-bond acceptors (Lipinski definition) is 3. The zero-order valence-corrected chi connectivity index (χ0v) is 9.02. The van der Waals surface area contributed by atoms with Crippen LogP contribution < -0.4 is 5.32 Å². The lowest BCUT2D eigenvalue weighted by Crippen LogP contribution is -2.32. The molecule has 1 aromatic heterocycles. The van der Waals surface area contributed by atoms with E-state index in [1.54, 1.807) is 5.38 Å². The number of rotatable bonds is 3. The van der Waals surface area contributed by atoms with Gasteiger partial charge in [-0.25, -0.2) is 0 Å². The highest BCUT2D eigenvalue weighted by molar-refractivity contribution is 7.10. The van der Waals surface area contributed by atoms with Crippen LogP contribution in [0.5, 0.6) is 0 Å². The van der Waals surface area contributed by atoms with Gasteiger partial charge in [0, 0.05) is 10.3 Å². The standard InChI is InChI=1S/C10H12N2OS/c1-3-9(5-11)12-10(13)8-4-7(2)14-6-8/h4,6,9H,3H2,1-2H3,(H,12,13). The predicted octanol–water partition coefficient (Wildman–Crippen LogP) is 2.09. The number of aryl methyl sites for hydroxylation is 1. The van der Waals surface area contributed by atoms with E-state index < -0.39 is 0 Å². The highest BCUT2D eigenvalue weighted by Gasteiger charge is 2.11. The van der Waals surface area contributed by atoms with E-state index in [1.807, 2.05) is 26.0 Å². The fraction of sp³-hybridized carbons (Fsp3) is 0.400. The van der Waals surface area contributed by atoms with Crippen molar-refractivity contribution in [3.05, 3.63) is 21.9 Å². The van der Waals surface area contributed by atoms with Gasteiger partial charge in [0.05, 0.1) is 11.6 Å². The largest absolute Gasteiger partial charge is 0.336 e. The Labute approximate surface area is 87.4 Å². The fourth-order valence-electron chi connectivity index (χ4n) is 1.03. The highest BCUT2D eigenvalue weighted by atomic mass is 32.1. The van der Waals surface area contributed by atoms with Gasteiger partial charge in [-0.05, 0) is 19.4 Å². The molecular weight excluding hydrogens is 196 g/mol. The Bertz CT molecular complexity index is 364. The van der Waals surface area contributed by atoms with Crippen molar-refractivity contribution in [1.29, 1.82) is 5.26 Å². The van der Waals surface area contributed by atoms with E-state index in [4.69, 9.17) is 5.26 Å². The molecule has 0 aliphatic rings. The summed E-state index contributed by atoms with van der Waals surface area (Å²) in [6.07, 6.45) is 0.630. The van der Waals surface area contributed by atoms with Crippen molar-refractivity contribution in [3.63, 3.8) is 0 Å². The molecule has 0 spiro atoms. The molecule has 1 atom stereocenters. The molecule has 0 aliphatic heterocycles. The van der Waals surface area contributed by atoms with Crippen LogP contribution in [-0.2, 0) is 0 Å². The van der Waals surface area contributed by atoms with E-state index >= 15 is 0 Å². The molecule has 0 aliphatic carbocycles. The number of carbonyl (C=O) groups excluding carboxylic acids is 1. The first-order valence-corrected chi connectivity index (χ1v) is 5.31. The van der Waals surface area contributed by atoms with Gasteiger partial charge in [-0.1, -0.05) is 6.92 Å². The quantitative estimate of drug-likeness (QED) is 0.826. The van der Waals surface area contributed by atoms with Crippen LogP contribution >= 0.6 is 11.3 Å². The van der Waals surface area contributed by atoms with Crippen LogP contribution in [0.2, 0.25) is 0 Å². The van der Waals surface area contributed by atoms with Crippen molar-refractivity contribution in [2.24, 2.45) is 0 Å². The molecule has 1 N–H and O–H groups in total. The van der Waals surface area contributed by atoms with Gasteiger partial charge in [0.1, 0.15) is 6.04 Å². The third-order valence-electron chi connectivity index (χ3n) is 1.86. The van der Waals surface area contributed by atoms with Crippen molar-refractivity contribution in [1.82, 2.24) is 5.32 Å². The second-order valence-corrected chi connectivity index (χ2v) is 4.12. The lowest BCUT2D eigenvalue weighted by molar-refractivity contribution is 0.0945. The van der Waals surface area contributed by atoms with E-state index in [1.165, 1.54) is 11.3 Å². The van der Waals surface area contributed by atoms with Crippen molar-refractivity contribution in [2.75, 3.05) is 0 Å². The Balaban J connectivity index is 2.64. The summed E-state index contributed by atoms with van der Waals surface area (Å²) in [4.78, 5) is 12.6. The Hall–Kier alpha value is -1.34. The lowest BCUT2D eigenvalue weighted by Gasteiger charge is -2.07. The smallest absolute Gasteiger partial charge is 0.253 e. The van der Waals surface area contributed by atoms with Crippen LogP contribution in [-0.4, -0.2) is 11.9 Å². The Morgan fingerprint density at radius 3 is 2.93 bits per heavy atom. The molecule has 0 saturated carbocycles. The maximum absolute atomic E-state index is 11.5. The summed E-state index contributed by atoms with van der Waals surface area (Å²) >= 11 is 1.53. The topological polar surface area (TPSA) is 52.9 Å². The van der Waals surface area contributed by atoms with Gasteiger partial charge in [0.2, 0.25) is 0 Å². The summed E-state index contributed by atoms with van der Waals surface area (Å²) in [5, 5.41) is 13.1. The molecule has 1 heterocycles. The average molecular weight is 208 g/mol. The first kappa shape index (κ1) is 10.7. The molecule has 0 aromatic carbocycles. The van der Waals surface area contributed by atoms with Crippen molar-refractivity contribution >= 4 is 17.2 Å². The summed E-state index contributed by atoms with van der Waals surface area (Å²) < 4.78 is 0. The molecule has 3 nitrogen and oxygen atoms in total. The minimum atomic E-state index is -0.386. The first-order chi connectivity index (χ1) is 6.67. The molecule has 4 heteroatoms. The molecule has 1 amide bonds. The summed E-state index contributed by atoms with van der Waals surface area (Å²) in [7, 11) is 0. The molecule has 14 heavy (non-hydrogen) atoms. The molecule has 0 bridgehead atoms. The molecule has 1 unspecified atom stereocenters. The second kappa shape index (κ2) is 4.77. The van der Waals surface area contributed by atoms with Gasteiger partial charge in [-0.2, -0.15) is 5.26 Å². The van der Waals surface area contributed by atoms with Crippen LogP contribution in [0.1, 0.15) is 28.6 Å². The van der Waals surface area contributed by atoms with Crippen LogP contribution in [0.25, 0.3) is 0 Å². The Morgan fingerprint density at radius 2 is 2.50 bits per heavy atom. The lowest BCUT2D eigenvalue weighted by atomic mass is 10.2. The summed E-state index contributed by atoms with van der Waals surface area (Å²) in [6, 6.07) is 3.47. The van der Waals surface area contributed by atoms with Crippen LogP contribution in [0.4, 0.5) is 0 Å². The normalized spacial score (nSPS) is 11.8. The van der Waals surface area contributed by atoms with Gasteiger partial charge < -0.3 is 5.32 Å². The van der Waals surface area contributed by atoms with Gasteiger partial charge in [0.15, 0.2) is 0 Å². The second-order valence-electron chi connectivity index (χ2n) is 3.01. The predicted molar refractivity (Wildman–Crippen MR) is 56.2 cm³/mol. The maximum Gasteiger partial charge on any atom is 0.253 e. The van der Waals surface area contributed by atoms with Crippen molar-refractivity contribution < 1.29 is 4.79 Å². The zero-order valence-electron chi connectivity index (χ0n) is 8.20. The summed E-state index contributed by atoms with van der Waals surface area (Å²) in [5.74, 6) is -0.164. The van der Waals surface area contributed by atoms with Crippen LogP contribution in [0.3, 0.4) is 0 Å². The Morgan fingerprint density at radius 1 is 1.79 bits per heavy atom. The number of amides is 1. The first-order valence-electron chi connectivity index (χ1n) is 4.43. The molecule has 1 rings (SSSR count). The van der Waals surface area contributed by atoms with Crippen LogP contribution in [0, 0.1) is 18.3 Å². The molecule has 74 valence electrons. The highest BCUT2D eigenvalue weighted by Crippen LogP contribution is 2.12. The minimum absolute atomic E-state index is 0.164. The minimum Gasteiger partial charge on any atom is -0.336 e. The molecule has 0 saturated heterocycles. The number of nitriles is 1. The maximum atomic E-state index is 11.5. The van der Waals surface area contributed by atoms with E-state index in [9.17, 15) is 4.79 Å². The third kappa shape index (κ3) is 2.57. The van der Waals surface area contributed by atoms with Crippen molar-refractivity contribution in [2.45, 2.75) is 26.3 Å². The van der Waals surface area contributed by atoms with Crippen molar-refractivity contribution in [3.8, 4) is 6.07 Å². The summed E-state index contributed by atoms with van der Waals surface area (Å²) in [6.45, 7) is 3.82.